The third-order valence-corrected chi connectivity index (χ3v) is 5.86. The van der Waals surface area contributed by atoms with E-state index in [-0.39, 0.29) is 10.5 Å². The number of piperazine rings is 1. The third kappa shape index (κ3) is 3.44. The zero-order valence-corrected chi connectivity index (χ0v) is 15.3. The molecule has 2 unspecified atom stereocenters. The van der Waals surface area contributed by atoms with Gasteiger partial charge in [0.15, 0.2) is 0 Å². The Morgan fingerprint density at radius 2 is 1.89 bits per heavy atom. The van der Waals surface area contributed by atoms with E-state index < -0.39 is 32.3 Å². The molecule has 3 rings (SSSR count). The molecule has 1 saturated heterocycles. The van der Waals surface area contributed by atoms with Gasteiger partial charge in [-0.2, -0.15) is 0 Å². The highest BCUT2D eigenvalue weighted by Gasteiger charge is 2.61. The Kier molecular flexibility index (Phi) is 5.24. The SMILES string of the molecule is NS(=O)(=O)C1=CC=CC(C(=O)c2ccccc2)([N+](=O)[O-])C1N1CCNCC1. The van der Waals surface area contributed by atoms with E-state index in [0.29, 0.717) is 26.2 Å². The van der Waals surface area contributed by atoms with Gasteiger partial charge in [-0.15, -0.1) is 0 Å². The number of nitrogens with zero attached hydrogens (tertiary/aromatic N) is 2. The first-order valence-electron chi connectivity index (χ1n) is 8.40. The molecule has 0 aromatic heterocycles. The number of hydrogen-bond acceptors (Lipinski definition) is 7. The van der Waals surface area contributed by atoms with Gasteiger partial charge in [-0.3, -0.25) is 19.8 Å². The van der Waals surface area contributed by atoms with E-state index in [4.69, 9.17) is 5.14 Å². The lowest BCUT2D eigenvalue weighted by Gasteiger charge is -2.41. The van der Waals surface area contributed by atoms with Crippen LogP contribution in [0.1, 0.15) is 10.4 Å². The minimum Gasteiger partial charge on any atom is -0.314 e. The van der Waals surface area contributed by atoms with Crippen LogP contribution in [0.5, 0.6) is 0 Å². The van der Waals surface area contributed by atoms with Crippen LogP contribution in [-0.2, 0) is 10.0 Å². The fourth-order valence-electron chi connectivity index (χ4n) is 3.60. The molecule has 1 fully saturated rings. The normalized spacial score (nSPS) is 26.4. The van der Waals surface area contributed by atoms with E-state index in [1.807, 2.05) is 0 Å². The van der Waals surface area contributed by atoms with Crippen molar-refractivity contribution in [1.29, 1.82) is 0 Å². The van der Waals surface area contributed by atoms with Crippen LogP contribution in [0.2, 0.25) is 0 Å². The van der Waals surface area contributed by atoms with Crippen molar-refractivity contribution in [2.75, 3.05) is 26.2 Å². The second-order valence-corrected chi connectivity index (χ2v) is 8.00. The van der Waals surface area contributed by atoms with E-state index in [2.05, 4.69) is 5.32 Å². The van der Waals surface area contributed by atoms with E-state index >= 15 is 0 Å². The Balaban J connectivity index is 2.20. The van der Waals surface area contributed by atoms with E-state index in [9.17, 15) is 23.3 Å². The predicted octanol–water partition coefficient (Wildman–Crippen LogP) is -0.0992. The monoisotopic (exact) mass is 392 g/mol. The van der Waals surface area contributed by atoms with Gasteiger partial charge in [-0.05, 0) is 6.08 Å². The molecule has 0 spiro atoms. The lowest BCUT2D eigenvalue weighted by atomic mass is 9.79. The summed E-state index contributed by atoms with van der Waals surface area (Å²) in [5.41, 5.74) is -2.15. The number of nitro groups is 1. The summed E-state index contributed by atoms with van der Waals surface area (Å²) in [6.07, 6.45) is 3.63. The van der Waals surface area contributed by atoms with Crippen LogP contribution < -0.4 is 10.5 Å². The fraction of sp³-hybridized carbons (Fsp3) is 0.353. The number of nitrogens with one attached hydrogen (secondary N) is 1. The van der Waals surface area contributed by atoms with E-state index in [0.717, 1.165) is 0 Å². The van der Waals surface area contributed by atoms with Crippen LogP contribution >= 0.6 is 0 Å². The summed E-state index contributed by atoms with van der Waals surface area (Å²) in [6, 6.07) is 6.53. The van der Waals surface area contributed by atoms with Crippen LogP contribution in [0.4, 0.5) is 0 Å². The molecule has 0 bridgehead atoms. The maximum atomic E-state index is 13.3. The number of hydrogen-bond donors (Lipinski definition) is 2. The number of carbonyl (C=O) groups excluding carboxylic acids is 1. The summed E-state index contributed by atoms with van der Waals surface area (Å²) in [5, 5.41) is 20.7. The van der Waals surface area contributed by atoms with Crippen molar-refractivity contribution in [2.24, 2.45) is 5.14 Å². The third-order valence-electron chi connectivity index (χ3n) is 4.84. The fourth-order valence-corrected chi connectivity index (χ4v) is 4.51. The molecule has 1 aliphatic carbocycles. The molecule has 1 heterocycles. The predicted molar refractivity (Wildman–Crippen MR) is 99.1 cm³/mol. The van der Waals surface area contributed by atoms with Gasteiger partial charge in [0.2, 0.25) is 15.8 Å². The summed E-state index contributed by atoms with van der Waals surface area (Å²) in [4.78, 5) is 26.1. The molecule has 144 valence electrons. The van der Waals surface area contributed by atoms with Gasteiger partial charge in [0.05, 0.1) is 4.91 Å². The van der Waals surface area contributed by atoms with Crippen LogP contribution in [0, 0.1) is 10.1 Å². The number of carbonyl (C=O) groups is 1. The van der Waals surface area contributed by atoms with Gasteiger partial charge in [-0.1, -0.05) is 36.4 Å². The molecular weight excluding hydrogens is 372 g/mol. The highest BCUT2D eigenvalue weighted by atomic mass is 32.2. The summed E-state index contributed by atoms with van der Waals surface area (Å²) in [7, 11) is -4.25. The standard InChI is InChI=1S/C17H20N4O5S/c18-27(25,26)14-7-4-8-17(21(23)24,15(14)20-11-9-19-10-12-20)16(22)13-5-2-1-3-6-13/h1-8,15,19H,9-12H2,(H2,18,25,26). The molecule has 1 aromatic carbocycles. The Morgan fingerprint density at radius 1 is 1.26 bits per heavy atom. The first-order valence-corrected chi connectivity index (χ1v) is 9.94. The number of nitrogens with two attached hydrogens (primary N) is 1. The highest BCUT2D eigenvalue weighted by molar-refractivity contribution is 7.93. The van der Waals surface area contributed by atoms with Crippen molar-refractivity contribution in [3.8, 4) is 0 Å². The molecule has 0 saturated carbocycles. The van der Waals surface area contributed by atoms with Crippen molar-refractivity contribution in [3.05, 3.63) is 69.1 Å². The van der Waals surface area contributed by atoms with Crippen molar-refractivity contribution >= 4 is 15.8 Å². The number of rotatable bonds is 5. The molecule has 0 amide bonds. The molecule has 2 aliphatic rings. The van der Waals surface area contributed by atoms with Gasteiger partial charge >= 0.3 is 5.54 Å². The van der Waals surface area contributed by atoms with Crippen LogP contribution in [0.25, 0.3) is 0 Å². The molecule has 3 N–H and O–H groups in total. The summed E-state index contributed by atoms with van der Waals surface area (Å²) < 4.78 is 24.4. The molecule has 27 heavy (non-hydrogen) atoms. The Bertz CT molecular complexity index is 907. The Morgan fingerprint density at radius 3 is 2.44 bits per heavy atom. The molecule has 9 nitrogen and oxygen atoms in total. The summed E-state index contributed by atoms with van der Waals surface area (Å²) in [6.45, 7) is 1.74. The molecule has 1 aliphatic heterocycles. The lowest BCUT2D eigenvalue weighted by molar-refractivity contribution is -0.542. The first kappa shape index (κ1) is 19.4. The van der Waals surface area contributed by atoms with E-state index in [1.165, 1.54) is 30.4 Å². The topological polar surface area (TPSA) is 136 Å². The van der Waals surface area contributed by atoms with E-state index in [1.54, 1.807) is 23.1 Å². The quantitative estimate of drug-likeness (QED) is 0.406. The van der Waals surface area contributed by atoms with Crippen molar-refractivity contribution < 1.29 is 18.1 Å². The molecule has 2 atom stereocenters. The Hall–Kier alpha value is -2.40. The first-order chi connectivity index (χ1) is 12.8. The van der Waals surface area contributed by atoms with Crippen molar-refractivity contribution in [3.63, 3.8) is 0 Å². The average Bonchev–Trinajstić information content (AvgIpc) is 2.67. The summed E-state index contributed by atoms with van der Waals surface area (Å²) in [5.74, 6) is -0.776. The number of ketones is 1. The minimum absolute atomic E-state index is 0.134. The largest absolute Gasteiger partial charge is 0.322 e. The van der Waals surface area contributed by atoms with Gasteiger partial charge in [0.1, 0.15) is 6.04 Å². The molecule has 0 radical (unpaired) electrons. The smallest absolute Gasteiger partial charge is 0.314 e. The maximum absolute atomic E-state index is 13.3. The summed E-state index contributed by atoms with van der Waals surface area (Å²) >= 11 is 0. The average molecular weight is 392 g/mol. The number of Topliss-reactive ketones (excluding diaryl/α,β-unsaturated/α-hetero) is 1. The second-order valence-electron chi connectivity index (χ2n) is 6.44. The van der Waals surface area contributed by atoms with Crippen LogP contribution in [0.3, 0.4) is 0 Å². The van der Waals surface area contributed by atoms with Crippen LogP contribution in [0.15, 0.2) is 53.5 Å². The molecular formula is C17H20N4O5S. The van der Waals surface area contributed by atoms with Crippen LogP contribution in [-0.4, -0.2) is 61.8 Å². The highest BCUT2D eigenvalue weighted by Crippen LogP contribution is 2.36. The zero-order chi connectivity index (χ0) is 19.7. The van der Waals surface area contributed by atoms with Crippen molar-refractivity contribution in [1.82, 2.24) is 10.2 Å². The van der Waals surface area contributed by atoms with Gasteiger partial charge in [-0.25, -0.2) is 13.6 Å². The maximum Gasteiger partial charge on any atom is 0.322 e. The van der Waals surface area contributed by atoms with Gasteiger partial charge in [0, 0.05) is 42.7 Å². The molecule has 10 heteroatoms. The lowest BCUT2D eigenvalue weighted by Crippen LogP contribution is -2.65. The molecule has 1 aromatic rings. The Labute approximate surface area is 156 Å². The van der Waals surface area contributed by atoms with Gasteiger partial charge in [0.25, 0.3) is 0 Å². The van der Waals surface area contributed by atoms with Gasteiger partial charge < -0.3 is 5.32 Å². The number of primary sulfonamides is 1. The van der Waals surface area contributed by atoms with Crippen molar-refractivity contribution in [2.45, 2.75) is 11.6 Å². The zero-order valence-electron chi connectivity index (χ0n) is 14.4. The number of benzene rings is 1. The number of allylic oxidation sites excluding steroid dienone is 2. The minimum atomic E-state index is -4.25. The second kappa shape index (κ2) is 7.31. The number of sulfonamides is 1.